The number of amides is 2. The third-order valence-electron chi connectivity index (χ3n) is 2.31. The van der Waals surface area contributed by atoms with Crippen LogP contribution < -0.4 is 16.4 Å². The molecular formula is C11H12ClN5O. The Hall–Kier alpha value is -2.21. The molecule has 0 aliphatic carbocycles. The van der Waals surface area contributed by atoms with Crippen LogP contribution in [0.2, 0.25) is 5.02 Å². The van der Waals surface area contributed by atoms with Gasteiger partial charge in [-0.3, -0.25) is 5.10 Å². The van der Waals surface area contributed by atoms with Crippen LogP contribution >= 0.6 is 11.6 Å². The maximum Gasteiger partial charge on any atom is 0.319 e. The lowest BCUT2D eigenvalue weighted by atomic mass is 10.3. The van der Waals surface area contributed by atoms with Crippen molar-refractivity contribution in [3.05, 3.63) is 41.0 Å². The largest absolute Gasteiger partial charge is 0.384 e. The van der Waals surface area contributed by atoms with E-state index in [0.29, 0.717) is 23.1 Å². The molecule has 7 heteroatoms. The number of carbonyl (C=O) groups excluding carboxylic acids is 1. The zero-order valence-corrected chi connectivity index (χ0v) is 10.2. The molecule has 5 N–H and O–H groups in total. The first-order chi connectivity index (χ1) is 8.66. The van der Waals surface area contributed by atoms with Crippen molar-refractivity contribution in [3.63, 3.8) is 0 Å². The Balaban J connectivity index is 1.90. The van der Waals surface area contributed by atoms with Gasteiger partial charge in [0.1, 0.15) is 5.82 Å². The molecule has 0 radical (unpaired) electrons. The highest BCUT2D eigenvalue weighted by Gasteiger charge is 2.06. The molecule has 6 nitrogen and oxygen atoms in total. The Morgan fingerprint density at radius 1 is 1.44 bits per heavy atom. The number of nitrogens with two attached hydrogens (primary N) is 1. The number of hydrogen-bond acceptors (Lipinski definition) is 3. The lowest BCUT2D eigenvalue weighted by Crippen LogP contribution is -2.28. The average molecular weight is 266 g/mol. The van der Waals surface area contributed by atoms with Crippen LogP contribution in [-0.2, 0) is 6.54 Å². The molecule has 0 fully saturated rings. The minimum atomic E-state index is -0.358. The molecule has 0 bridgehead atoms. The van der Waals surface area contributed by atoms with Crippen molar-refractivity contribution in [2.75, 3.05) is 11.1 Å². The van der Waals surface area contributed by atoms with Crippen LogP contribution in [0.3, 0.4) is 0 Å². The second kappa shape index (κ2) is 5.42. The molecule has 2 aromatic rings. The summed E-state index contributed by atoms with van der Waals surface area (Å²) in [6.07, 6.45) is 1.56. The number of halogens is 1. The van der Waals surface area contributed by atoms with Crippen molar-refractivity contribution in [1.82, 2.24) is 15.5 Å². The van der Waals surface area contributed by atoms with E-state index in [1.165, 1.54) is 0 Å². The van der Waals surface area contributed by atoms with Crippen LogP contribution in [-0.4, -0.2) is 16.2 Å². The molecule has 2 rings (SSSR count). The Morgan fingerprint density at radius 3 is 2.89 bits per heavy atom. The number of aromatic amines is 1. The van der Waals surface area contributed by atoms with E-state index in [9.17, 15) is 4.79 Å². The number of aromatic nitrogens is 2. The molecule has 0 aliphatic rings. The highest BCUT2D eigenvalue weighted by Crippen LogP contribution is 2.20. The number of urea groups is 1. The highest BCUT2D eigenvalue weighted by atomic mass is 35.5. The van der Waals surface area contributed by atoms with E-state index >= 15 is 0 Å². The molecule has 94 valence electrons. The number of H-pyrrole nitrogens is 1. The van der Waals surface area contributed by atoms with E-state index in [4.69, 9.17) is 17.3 Å². The number of nitrogen functional groups attached to an aromatic ring is 1. The molecule has 0 saturated carbocycles. The molecule has 2 amide bonds. The quantitative estimate of drug-likeness (QED) is 0.683. The van der Waals surface area contributed by atoms with E-state index in [1.54, 1.807) is 30.5 Å². The van der Waals surface area contributed by atoms with E-state index in [2.05, 4.69) is 20.8 Å². The fourth-order valence-corrected chi connectivity index (χ4v) is 1.55. The number of hydrogen-bond donors (Lipinski definition) is 4. The topological polar surface area (TPSA) is 95.8 Å². The van der Waals surface area contributed by atoms with Gasteiger partial charge in [-0.15, -0.1) is 0 Å². The summed E-state index contributed by atoms with van der Waals surface area (Å²) in [5.74, 6) is 0.438. The molecule has 0 saturated heterocycles. The fourth-order valence-electron chi connectivity index (χ4n) is 1.37. The molecular weight excluding hydrogens is 254 g/mol. The van der Waals surface area contributed by atoms with Gasteiger partial charge in [0.05, 0.1) is 16.9 Å². The van der Waals surface area contributed by atoms with Crippen molar-refractivity contribution < 1.29 is 4.79 Å². The lowest BCUT2D eigenvalue weighted by Gasteiger charge is -2.08. The van der Waals surface area contributed by atoms with Gasteiger partial charge in [0.2, 0.25) is 0 Å². The van der Waals surface area contributed by atoms with Gasteiger partial charge >= 0.3 is 6.03 Å². The predicted octanol–water partition coefficient (Wildman–Crippen LogP) is 1.97. The minimum absolute atomic E-state index is 0.290. The number of nitrogens with one attached hydrogen (secondary N) is 3. The smallest absolute Gasteiger partial charge is 0.319 e. The van der Waals surface area contributed by atoms with E-state index in [1.807, 2.05) is 0 Å². The van der Waals surface area contributed by atoms with Gasteiger partial charge in [0.15, 0.2) is 0 Å². The van der Waals surface area contributed by atoms with Crippen molar-refractivity contribution in [1.29, 1.82) is 0 Å². The van der Waals surface area contributed by atoms with Crippen molar-refractivity contribution in [2.45, 2.75) is 6.54 Å². The van der Waals surface area contributed by atoms with Gasteiger partial charge in [-0.1, -0.05) is 23.7 Å². The third kappa shape index (κ3) is 2.92. The van der Waals surface area contributed by atoms with Crippen LogP contribution in [0.15, 0.2) is 30.5 Å². The molecule has 18 heavy (non-hydrogen) atoms. The zero-order chi connectivity index (χ0) is 13.0. The van der Waals surface area contributed by atoms with Gasteiger partial charge in [-0.25, -0.2) is 4.79 Å². The number of anilines is 2. The van der Waals surface area contributed by atoms with Gasteiger partial charge in [0.25, 0.3) is 0 Å². The van der Waals surface area contributed by atoms with E-state index in [-0.39, 0.29) is 6.03 Å². The maximum absolute atomic E-state index is 11.6. The minimum Gasteiger partial charge on any atom is -0.384 e. The van der Waals surface area contributed by atoms with Gasteiger partial charge in [-0.2, -0.15) is 5.10 Å². The van der Waals surface area contributed by atoms with Crippen LogP contribution in [0.1, 0.15) is 5.56 Å². The van der Waals surface area contributed by atoms with Crippen molar-refractivity contribution in [2.24, 2.45) is 0 Å². The molecule has 0 spiro atoms. The third-order valence-corrected chi connectivity index (χ3v) is 2.64. The summed E-state index contributed by atoms with van der Waals surface area (Å²) in [5, 5.41) is 12.1. The zero-order valence-electron chi connectivity index (χ0n) is 9.40. The summed E-state index contributed by atoms with van der Waals surface area (Å²) in [4.78, 5) is 11.6. The summed E-state index contributed by atoms with van der Waals surface area (Å²) >= 11 is 5.92. The monoisotopic (exact) mass is 265 g/mol. The first-order valence-electron chi connectivity index (χ1n) is 5.24. The second-order valence-corrected chi connectivity index (χ2v) is 4.00. The number of rotatable bonds is 3. The number of para-hydroxylation sites is 1. The van der Waals surface area contributed by atoms with Crippen LogP contribution in [0.5, 0.6) is 0 Å². The summed E-state index contributed by atoms with van der Waals surface area (Å²) < 4.78 is 0. The molecule has 0 aliphatic heterocycles. The SMILES string of the molecule is Nc1[nH]ncc1CNC(=O)Nc1ccccc1Cl. The summed E-state index contributed by atoms with van der Waals surface area (Å²) in [7, 11) is 0. The molecule has 0 unspecified atom stereocenters. The van der Waals surface area contributed by atoms with Gasteiger partial charge in [0, 0.05) is 12.1 Å². The fraction of sp³-hybridized carbons (Fsp3) is 0.0909. The Bertz CT molecular complexity index is 554. The van der Waals surface area contributed by atoms with Crippen molar-refractivity contribution in [3.8, 4) is 0 Å². The van der Waals surface area contributed by atoms with E-state index in [0.717, 1.165) is 5.56 Å². The predicted molar refractivity (Wildman–Crippen MR) is 70.3 cm³/mol. The first kappa shape index (κ1) is 12.3. The van der Waals surface area contributed by atoms with Crippen LogP contribution in [0.4, 0.5) is 16.3 Å². The van der Waals surface area contributed by atoms with Crippen LogP contribution in [0, 0.1) is 0 Å². The maximum atomic E-state index is 11.6. The highest BCUT2D eigenvalue weighted by molar-refractivity contribution is 6.33. The van der Waals surface area contributed by atoms with E-state index < -0.39 is 0 Å². The molecule has 1 heterocycles. The Morgan fingerprint density at radius 2 is 2.22 bits per heavy atom. The van der Waals surface area contributed by atoms with Gasteiger partial charge in [-0.05, 0) is 12.1 Å². The second-order valence-electron chi connectivity index (χ2n) is 3.60. The number of nitrogens with zero attached hydrogens (tertiary/aromatic N) is 1. The average Bonchev–Trinajstić information content (AvgIpc) is 2.75. The standard InChI is InChI=1S/C11H12ClN5O/c12-8-3-1-2-4-9(8)16-11(18)14-5-7-6-15-17-10(7)13/h1-4,6H,5H2,(H3,13,15,17)(H2,14,16,18). The van der Waals surface area contributed by atoms with Crippen LogP contribution in [0.25, 0.3) is 0 Å². The molecule has 1 aromatic carbocycles. The lowest BCUT2D eigenvalue weighted by molar-refractivity contribution is 0.252. The number of carbonyl (C=O) groups is 1. The normalized spacial score (nSPS) is 10.1. The first-order valence-corrected chi connectivity index (χ1v) is 5.61. The summed E-state index contributed by atoms with van der Waals surface area (Å²) in [6.45, 7) is 0.290. The summed E-state index contributed by atoms with van der Waals surface area (Å²) in [5.41, 5.74) is 6.87. The number of benzene rings is 1. The molecule has 1 aromatic heterocycles. The molecule has 0 atom stereocenters. The van der Waals surface area contributed by atoms with Crippen molar-refractivity contribution >= 4 is 29.1 Å². The Kier molecular flexibility index (Phi) is 3.69. The van der Waals surface area contributed by atoms with Gasteiger partial charge < -0.3 is 16.4 Å². The Labute approximate surface area is 109 Å². The summed E-state index contributed by atoms with van der Waals surface area (Å²) in [6, 6.07) is 6.63.